The number of aryl methyl sites for hydroxylation is 1. The molecule has 0 bridgehead atoms. The smallest absolute Gasteiger partial charge is 0.269 e. The summed E-state index contributed by atoms with van der Waals surface area (Å²) in [6, 6.07) is 5.86. The molecule has 1 aromatic heterocycles. The highest BCUT2D eigenvalue weighted by Crippen LogP contribution is 2.42. The Kier molecular flexibility index (Phi) is 4.03. The Balaban J connectivity index is 1.66. The summed E-state index contributed by atoms with van der Waals surface area (Å²) in [5, 5.41) is 7.18. The first-order valence-corrected chi connectivity index (χ1v) is 9.02. The Morgan fingerprint density at radius 3 is 2.72 bits per heavy atom. The molecule has 2 aromatic rings. The lowest BCUT2D eigenvalue weighted by molar-refractivity contribution is 0.0944. The van der Waals surface area contributed by atoms with Crippen molar-refractivity contribution >= 4 is 24.8 Å². The van der Waals surface area contributed by atoms with Crippen LogP contribution in [0.3, 0.4) is 0 Å². The van der Waals surface area contributed by atoms with Crippen LogP contribution in [0, 0.1) is 6.92 Å². The third kappa shape index (κ3) is 3.15. The third-order valence-electron chi connectivity index (χ3n) is 5.62. The minimum atomic E-state index is -0.558. The first-order valence-electron chi connectivity index (χ1n) is 9.02. The van der Waals surface area contributed by atoms with Gasteiger partial charge in [0.25, 0.3) is 5.91 Å². The number of nitrogens with one attached hydrogen (secondary N) is 2. The summed E-state index contributed by atoms with van der Waals surface area (Å²) >= 11 is 0. The zero-order valence-corrected chi connectivity index (χ0v) is 14.8. The molecule has 0 saturated heterocycles. The molecular formula is C19H23BFN3O. The topological polar surface area (TPSA) is 54.0 Å². The Bertz CT molecular complexity index is 846. The van der Waals surface area contributed by atoms with E-state index in [1.165, 1.54) is 18.4 Å². The van der Waals surface area contributed by atoms with Crippen LogP contribution in [-0.2, 0) is 6.67 Å². The molecule has 2 N–H and O–H groups in total. The fourth-order valence-corrected chi connectivity index (χ4v) is 3.46. The van der Waals surface area contributed by atoms with Gasteiger partial charge < -0.3 is 10.5 Å². The average molecular weight is 339 g/mol. The van der Waals surface area contributed by atoms with Gasteiger partial charge in [0.1, 0.15) is 12.4 Å². The predicted molar refractivity (Wildman–Crippen MR) is 99.2 cm³/mol. The SMILES string of the molecule is BNC1(CNC(=O)c2cc(C)c3cc(C4CC4)cc(CF)c3n2)CC1. The van der Waals surface area contributed by atoms with Crippen LogP contribution >= 0.6 is 0 Å². The highest BCUT2D eigenvalue weighted by atomic mass is 19.1. The number of alkyl halides is 1. The molecular weight excluding hydrogens is 316 g/mol. The standard InChI is InChI=1S/C19H23BFN3O/c1-11-6-16(18(25)22-10-19(24-20)4-5-19)23-17-14(9-21)7-13(8-15(11)17)12-2-3-12/h6-8,12,24H,2-5,9-10,20H2,1H3,(H,22,25). The van der Waals surface area contributed by atoms with E-state index in [1.807, 2.05) is 27.0 Å². The number of fused-ring (bicyclic) bond motifs is 1. The summed E-state index contributed by atoms with van der Waals surface area (Å²) in [7, 11) is 1.92. The van der Waals surface area contributed by atoms with Crippen molar-refractivity contribution in [2.24, 2.45) is 0 Å². The van der Waals surface area contributed by atoms with Crippen molar-refractivity contribution in [2.75, 3.05) is 6.54 Å². The van der Waals surface area contributed by atoms with Crippen LogP contribution in [0.5, 0.6) is 0 Å². The number of carbonyl (C=O) groups excluding carboxylic acids is 1. The van der Waals surface area contributed by atoms with E-state index in [0.717, 1.165) is 23.8 Å². The molecule has 130 valence electrons. The maximum Gasteiger partial charge on any atom is 0.269 e. The Morgan fingerprint density at radius 2 is 2.12 bits per heavy atom. The van der Waals surface area contributed by atoms with Gasteiger partial charge in [0.2, 0.25) is 0 Å². The number of amides is 1. The largest absolute Gasteiger partial charge is 0.355 e. The van der Waals surface area contributed by atoms with Crippen molar-refractivity contribution in [1.29, 1.82) is 0 Å². The number of hydrogen-bond acceptors (Lipinski definition) is 3. The van der Waals surface area contributed by atoms with Gasteiger partial charge in [-0.05, 0) is 61.8 Å². The fourth-order valence-electron chi connectivity index (χ4n) is 3.46. The number of benzene rings is 1. The second kappa shape index (κ2) is 6.09. The zero-order valence-electron chi connectivity index (χ0n) is 14.8. The minimum Gasteiger partial charge on any atom is -0.355 e. The highest BCUT2D eigenvalue weighted by molar-refractivity contribution is 6.05. The van der Waals surface area contributed by atoms with Gasteiger partial charge >= 0.3 is 0 Å². The van der Waals surface area contributed by atoms with Crippen LogP contribution in [0.15, 0.2) is 18.2 Å². The number of pyridine rings is 1. The van der Waals surface area contributed by atoms with Crippen molar-refractivity contribution in [3.63, 3.8) is 0 Å². The molecule has 2 aliphatic carbocycles. The molecule has 6 heteroatoms. The Hall–Kier alpha value is -1.95. The van der Waals surface area contributed by atoms with E-state index in [2.05, 4.69) is 21.6 Å². The lowest BCUT2D eigenvalue weighted by Gasteiger charge is -2.16. The number of aromatic nitrogens is 1. The maximum atomic E-state index is 13.6. The van der Waals surface area contributed by atoms with Crippen LogP contribution in [0.4, 0.5) is 4.39 Å². The van der Waals surface area contributed by atoms with Gasteiger partial charge in [0.05, 0.1) is 5.52 Å². The molecule has 2 aliphatic rings. The summed E-state index contributed by atoms with van der Waals surface area (Å²) in [5.74, 6) is 0.371. The van der Waals surface area contributed by atoms with E-state index in [0.29, 0.717) is 29.2 Å². The molecule has 1 amide bonds. The zero-order chi connectivity index (χ0) is 17.6. The molecule has 4 rings (SSSR count). The van der Waals surface area contributed by atoms with Crippen LogP contribution in [0.1, 0.15) is 58.8 Å². The van der Waals surface area contributed by atoms with Gasteiger partial charge in [-0.3, -0.25) is 4.79 Å². The monoisotopic (exact) mass is 339 g/mol. The van der Waals surface area contributed by atoms with Crippen molar-refractivity contribution in [3.05, 3.63) is 40.6 Å². The van der Waals surface area contributed by atoms with Crippen molar-refractivity contribution in [2.45, 2.75) is 50.7 Å². The second-order valence-electron chi connectivity index (χ2n) is 7.52. The van der Waals surface area contributed by atoms with Crippen molar-refractivity contribution < 1.29 is 9.18 Å². The molecule has 0 atom stereocenters. The third-order valence-corrected chi connectivity index (χ3v) is 5.62. The summed E-state index contributed by atoms with van der Waals surface area (Å²) in [6.07, 6.45) is 4.50. The summed E-state index contributed by atoms with van der Waals surface area (Å²) in [6.45, 7) is 2.00. The summed E-state index contributed by atoms with van der Waals surface area (Å²) in [5.41, 5.74) is 3.79. The average Bonchev–Trinajstić information content (AvgIpc) is 3.53. The molecule has 0 spiro atoms. The molecule has 0 aliphatic heterocycles. The number of nitrogens with zero attached hydrogens (tertiary/aromatic N) is 1. The second-order valence-corrected chi connectivity index (χ2v) is 7.52. The Labute approximate surface area is 148 Å². The van der Waals surface area contributed by atoms with Crippen molar-refractivity contribution in [1.82, 2.24) is 15.5 Å². The van der Waals surface area contributed by atoms with Crippen LogP contribution in [-0.4, -0.2) is 31.0 Å². The molecule has 0 unspecified atom stereocenters. The molecule has 0 radical (unpaired) electrons. The summed E-state index contributed by atoms with van der Waals surface area (Å²) in [4.78, 5) is 17.0. The molecule has 25 heavy (non-hydrogen) atoms. The molecule has 2 saturated carbocycles. The lowest BCUT2D eigenvalue weighted by Crippen LogP contribution is -2.42. The van der Waals surface area contributed by atoms with E-state index in [-0.39, 0.29) is 11.4 Å². The normalized spacial score (nSPS) is 18.3. The molecule has 1 heterocycles. The number of hydrogen-bond donors (Lipinski definition) is 2. The van der Waals surface area contributed by atoms with Gasteiger partial charge in [-0.25, -0.2) is 9.37 Å². The first kappa shape index (κ1) is 16.5. The lowest BCUT2D eigenvalue weighted by atomic mass is 9.99. The number of halogens is 1. The number of rotatable bonds is 6. The van der Waals surface area contributed by atoms with E-state index in [1.54, 1.807) is 0 Å². The molecule has 4 nitrogen and oxygen atoms in total. The van der Waals surface area contributed by atoms with E-state index < -0.39 is 6.67 Å². The number of carbonyl (C=O) groups is 1. The first-order chi connectivity index (χ1) is 12.0. The van der Waals surface area contributed by atoms with Gasteiger partial charge in [-0.1, -0.05) is 6.07 Å². The fraction of sp³-hybridized carbons (Fsp3) is 0.474. The molecule has 1 aromatic carbocycles. The van der Waals surface area contributed by atoms with Gasteiger partial charge in [0.15, 0.2) is 7.98 Å². The van der Waals surface area contributed by atoms with Crippen LogP contribution < -0.4 is 10.5 Å². The Morgan fingerprint density at radius 1 is 1.36 bits per heavy atom. The highest BCUT2D eigenvalue weighted by Gasteiger charge is 2.40. The van der Waals surface area contributed by atoms with Crippen LogP contribution in [0.25, 0.3) is 10.9 Å². The minimum absolute atomic E-state index is 0.0464. The van der Waals surface area contributed by atoms with Crippen molar-refractivity contribution in [3.8, 4) is 0 Å². The van der Waals surface area contributed by atoms with Gasteiger partial charge in [-0.2, -0.15) is 0 Å². The van der Waals surface area contributed by atoms with E-state index >= 15 is 0 Å². The molecule has 2 fully saturated rings. The van der Waals surface area contributed by atoms with Crippen LogP contribution in [0.2, 0.25) is 0 Å². The predicted octanol–water partition coefficient (Wildman–Crippen LogP) is 2.29. The maximum absolute atomic E-state index is 13.6. The van der Waals surface area contributed by atoms with E-state index in [9.17, 15) is 9.18 Å². The van der Waals surface area contributed by atoms with Gasteiger partial charge in [0, 0.05) is 23.0 Å². The summed E-state index contributed by atoms with van der Waals surface area (Å²) < 4.78 is 13.6. The quantitative estimate of drug-likeness (QED) is 0.794. The van der Waals surface area contributed by atoms with E-state index in [4.69, 9.17) is 0 Å². The van der Waals surface area contributed by atoms with Gasteiger partial charge in [-0.15, -0.1) is 0 Å².